The first-order valence-corrected chi connectivity index (χ1v) is 7.48. The summed E-state index contributed by atoms with van der Waals surface area (Å²) in [5.74, 6) is 0.00480. The van der Waals surface area contributed by atoms with E-state index < -0.39 is 6.10 Å². The molecule has 1 aromatic rings. The van der Waals surface area contributed by atoms with E-state index in [1.54, 1.807) is 0 Å². The molecule has 5 heteroatoms. The number of benzene rings is 1. The Labute approximate surface area is 126 Å². The molecular formula is C16H25N3O2. The lowest BCUT2D eigenvalue weighted by atomic mass is 10.1. The molecule has 1 aromatic carbocycles. The smallest absolute Gasteiger partial charge is 0.234 e. The number of aliphatic hydroxyl groups excluding tert-OH is 1. The van der Waals surface area contributed by atoms with Crippen molar-refractivity contribution in [2.24, 2.45) is 0 Å². The highest BCUT2D eigenvalue weighted by Gasteiger charge is 2.29. The van der Waals surface area contributed by atoms with Crippen LogP contribution < -0.4 is 10.6 Å². The van der Waals surface area contributed by atoms with Gasteiger partial charge in [-0.15, -0.1) is 0 Å². The SMILES string of the molecule is Cc1ccccc1CCNC(=O)CN(C)[C@H]1CNC[C@@H]1O. The number of carbonyl (C=O) groups is 1. The van der Waals surface area contributed by atoms with E-state index in [0.717, 1.165) is 13.0 Å². The van der Waals surface area contributed by atoms with Crippen LogP contribution in [0.5, 0.6) is 0 Å². The second-order valence-electron chi connectivity index (χ2n) is 5.73. The normalized spacial score (nSPS) is 21.7. The zero-order chi connectivity index (χ0) is 15.2. The molecule has 0 radical (unpaired) electrons. The van der Waals surface area contributed by atoms with E-state index in [1.807, 2.05) is 24.1 Å². The third-order valence-electron chi connectivity index (χ3n) is 4.09. The van der Waals surface area contributed by atoms with E-state index in [1.165, 1.54) is 11.1 Å². The van der Waals surface area contributed by atoms with Crippen LogP contribution in [0.1, 0.15) is 11.1 Å². The molecule has 0 aliphatic carbocycles. The highest BCUT2D eigenvalue weighted by atomic mass is 16.3. The van der Waals surface area contributed by atoms with Crippen LogP contribution in [0, 0.1) is 6.92 Å². The van der Waals surface area contributed by atoms with Crippen LogP contribution in [0.4, 0.5) is 0 Å². The van der Waals surface area contributed by atoms with Crippen LogP contribution in [0.25, 0.3) is 0 Å². The van der Waals surface area contributed by atoms with Crippen LogP contribution >= 0.6 is 0 Å². The number of hydrogen-bond acceptors (Lipinski definition) is 4. The van der Waals surface area contributed by atoms with Crippen LogP contribution in [0.3, 0.4) is 0 Å². The summed E-state index contributed by atoms with van der Waals surface area (Å²) in [5, 5.41) is 15.9. The summed E-state index contributed by atoms with van der Waals surface area (Å²) in [6.07, 6.45) is 0.449. The summed E-state index contributed by atoms with van der Waals surface area (Å²) in [5.41, 5.74) is 2.52. The molecule has 1 amide bonds. The maximum atomic E-state index is 11.9. The predicted molar refractivity (Wildman–Crippen MR) is 83.2 cm³/mol. The fourth-order valence-electron chi connectivity index (χ4n) is 2.73. The lowest BCUT2D eigenvalue weighted by Gasteiger charge is -2.25. The van der Waals surface area contributed by atoms with Crippen molar-refractivity contribution in [3.05, 3.63) is 35.4 Å². The number of nitrogens with one attached hydrogen (secondary N) is 2. The first-order valence-electron chi connectivity index (χ1n) is 7.48. The van der Waals surface area contributed by atoms with Gasteiger partial charge in [0, 0.05) is 25.7 Å². The first kappa shape index (κ1) is 15.9. The van der Waals surface area contributed by atoms with Crippen molar-refractivity contribution >= 4 is 5.91 Å². The highest BCUT2D eigenvalue weighted by Crippen LogP contribution is 2.08. The van der Waals surface area contributed by atoms with Gasteiger partial charge in [-0.25, -0.2) is 0 Å². The van der Waals surface area contributed by atoms with Crippen molar-refractivity contribution in [1.29, 1.82) is 0 Å². The molecule has 3 N–H and O–H groups in total. The van der Waals surface area contributed by atoms with Crippen LogP contribution in [-0.2, 0) is 11.2 Å². The summed E-state index contributed by atoms with van der Waals surface area (Å²) >= 11 is 0. The number of β-amino-alcohol motifs (C(OH)–C–C–N with tert-alkyl or cyclic N) is 1. The van der Waals surface area contributed by atoms with Gasteiger partial charge in [0.15, 0.2) is 0 Å². The Hall–Kier alpha value is -1.43. The average molecular weight is 291 g/mol. The molecular weight excluding hydrogens is 266 g/mol. The second-order valence-corrected chi connectivity index (χ2v) is 5.73. The second kappa shape index (κ2) is 7.54. The minimum atomic E-state index is -0.394. The van der Waals surface area contributed by atoms with Gasteiger partial charge >= 0.3 is 0 Å². The summed E-state index contributed by atoms with van der Waals surface area (Å²) in [7, 11) is 1.88. The van der Waals surface area contributed by atoms with Gasteiger partial charge in [0.05, 0.1) is 12.6 Å². The molecule has 1 fully saturated rings. The standard InChI is InChI=1S/C16H25N3O2/c1-12-5-3-4-6-13(12)7-8-18-16(21)11-19(2)14-9-17-10-15(14)20/h3-6,14-15,17,20H,7-11H2,1-2H3,(H,18,21)/t14-,15-/m0/s1. The fourth-order valence-corrected chi connectivity index (χ4v) is 2.73. The van der Waals surface area contributed by atoms with E-state index in [0.29, 0.717) is 19.6 Å². The predicted octanol–water partition coefficient (Wildman–Crippen LogP) is -0.0818. The molecule has 2 rings (SSSR count). The number of likely N-dealkylation sites (N-methyl/N-ethyl adjacent to an activating group) is 1. The Bertz CT molecular complexity index is 478. The highest BCUT2D eigenvalue weighted by molar-refractivity contribution is 5.78. The van der Waals surface area contributed by atoms with Crippen LogP contribution in [-0.4, -0.2) is 61.3 Å². The van der Waals surface area contributed by atoms with Gasteiger partial charge in [0.25, 0.3) is 0 Å². The molecule has 1 heterocycles. The molecule has 1 saturated heterocycles. The molecule has 0 saturated carbocycles. The lowest BCUT2D eigenvalue weighted by molar-refractivity contribution is -0.122. The van der Waals surface area contributed by atoms with Crippen LogP contribution in [0.15, 0.2) is 24.3 Å². The van der Waals surface area contributed by atoms with E-state index in [4.69, 9.17) is 0 Å². The number of aliphatic hydroxyl groups is 1. The molecule has 1 aliphatic rings. The maximum absolute atomic E-state index is 11.9. The van der Waals surface area contributed by atoms with Gasteiger partial charge in [-0.3, -0.25) is 9.69 Å². The molecule has 1 aliphatic heterocycles. The van der Waals surface area contributed by atoms with Gasteiger partial charge in [0.1, 0.15) is 0 Å². The number of hydrogen-bond donors (Lipinski definition) is 3. The Morgan fingerprint density at radius 2 is 2.19 bits per heavy atom. The molecule has 0 unspecified atom stereocenters. The van der Waals surface area contributed by atoms with E-state index >= 15 is 0 Å². The summed E-state index contributed by atoms with van der Waals surface area (Å²) < 4.78 is 0. The van der Waals surface area contributed by atoms with Crippen LogP contribution in [0.2, 0.25) is 0 Å². The van der Waals surface area contributed by atoms with E-state index in [2.05, 4.69) is 29.7 Å². The Morgan fingerprint density at radius 3 is 2.86 bits per heavy atom. The minimum Gasteiger partial charge on any atom is -0.390 e. The molecule has 116 valence electrons. The first-order chi connectivity index (χ1) is 10.1. The van der Waals surface area contributed by atoms with Gasteiger partial charge < -0.3 is 15.7 Å². The Morgan fingerprint density at radius 1 is 1.43 bits per heavy atom. The number of aryl methyl sites for hydroxylation is 1. The minimum absolute atomic E-state index is 0.00480. The maximum Gasteiger partial charge on any atom is 0.234 e. The molecule has 0 spiro atoms. The monoisotopic (exact) mass is 291 g/mol. The van der Waals surface area contributed by atoms with Crippen molar-refractivity contribution in [2.45, 2.75) is 25.5 Å². The van der Waals surface area contributed by atoms with Crippen molar-refractivity contribution in [3.63, 3.8) is 0 Å². The number of amides is 1. The van der Waals surface area contributed by atoms with Gasteiger partial charge in [-0.05, 0) is 31.5 Å². The molecule has 5 nitrogen and oxygen atoms in total. The van der Waals surface area contributed by atoms with Gasteiger partial charge in [-0.2, -0.15) is 0 Å². The summed E-state index contributed by atoms with van der Waals surface area (Å²) in [4.78, 5) is 13.8. The largest absolute Gasteiger partial charge is 0.390 e. The van der Waals surface area contributed by atoms with Gasteiger partial charge in [-0.1, -0.05) is 24.3 Å². The zero-order valence-electron chi connectivity index (χ0n) is 12.8. The van der Waals surface area contributed by atoms with Gasteiger partial charge in [0.2, 0.25) is 5.91 Å². The molecule has 0 aromatic heterocycles. The topological polar surface area (TPSA) is 64.6 Å². The number of nitrogens with zero attached hydrogens (tertiary/aromatic N) is 1. The third kappa shape index (κ3) is 4.52. The lowest BCUT2D eigenvalue weighted by Crippen LogP contribution is -2.46. The van der Waals surface area contributed by atoms with Crippen molar-refractivity contribution in [3.8, 4) is 0 Å². The van der Waals surface area contributed by atoms with Crippen molar-refractivity contribution in [2.75, 3.05) is 33.2 Å². The fraction of sp³-hybridized carbons (Fsp3) is 0.562. The average Bonchev–Trinajstić information content (AvgIpc) is 2.87. The quantitative estimate of drug-likeness (QED) is 0.686. The Kier molecular flexibility index (Phi) is 5.73. The zero-order valence-corrected chi connectivity index (χ0v) is 12.8. The summed E-state index contributed by atoms with van der Waals surface area (Å²) in [6.45, 7) is 4.37. The Balaban J connectivity index is 1.71. The molecule has 2 atom stereocenters. The third-order valence-corrected chi connectivity index (χ3v) is 4.09. The number of carbonyl (C=O) groups excluding carboxylic acids is 1. The van der Waals surface area contributed by atoms with E-state index in [-0.39, 0.29) is 11.9 Å². The van der Waals surface area contributed by atoms with E-state index in [9.17, 15) is 9.90 Å². The van der Waals surface area contributed by atoms with Crippen molar-refractivity contribution in [1.82, 2.24) is 15.5 Å². The molecule has 21 heavy (non-hydrogen) atoms. The molecule has 0 bridgehead atoms. The summed E-state index contributed by atoms with van der Waals surface area (Å²) in [6, 6.07) is 8.24. The van der Waals surface area contributed by atoms with Crippen molar-refractivity contribution < 1.29 is 9.90 Å². The number of rotatable bonds is 6.